The van der Waals surface area contributed by atoms with Gasteiger partial charge < -0.3 is 19.8 Å². The number of carboxylic acid groups (broad SMARTS) is 1. The van der Waals surface area contributed by atoms with Gasteiger partial charge in [0.15, 0.2) is 10.8 Å². The lowest BCUT2D eigenvalue weighted by molar-refractivity contribution is -0.274. The van der Waals surface area contributed by atoms with Gasteiger partial charge in [-0.25, -0.2) is 18.4 Å². The molecule has 1 saturated carbocycles. The minimum Gasteiger partial charge on any atom is -0.480 e. The number of fused-ring (bicyclic) bond motifs is 1. The number of carbonyl (C=O) groups is 1. The van der Waals surface area contributed by atoms with E-state index in [0.29, 0.717) is 21.3 Å². The van der Waals surface area contributed by atoms with Crippen LogP contribution < -0.4 is 9.64 Å². The highest BCUT2D eigenvalue weighted by Gasteiger charge is 2.47. The number of piperazine rings is 1. The second-order valence-corrected chi connectivity index (χ2v) is 11.7. The highest BCUT2D eigenvalue weighted by Crippen LogP contribution is 2.46. The normalized spacial score (nSPS) is 20.2. The van der Waals surface area contributed by atoms with Gasteiger partial charge in [-0.15, -0.1) is 13.2 Å². The smallest absolute Gasteiger partial charge is 0.480 e. The number of thiazole rings is 1. The van der Waals surface area contributed by atoms with E-state index in [0.717, 1.165) is 41.4 Å². The second-order valence-electron chi connectivity index (χ2n) is 8.75. The van der Waals surface area contributed by atoms with E-state index in [-0.39, 0.29) is 31.1 Å². The summed E-state index contributed by atoms with van der Waals surface area (Å²) in [5.74, 6) is -1.47. The molecule has 2 N–H and O–H groups in total. The van der Waals surface area contributed by atoms with Gasteiger partial charge in [-0.3, -0.25) is 4.79 Å². The van der Waals surface area contributed by atoms with Gasteiger partial charge in [-0.05, 0) is 37.1 Å². The fourth-order valence-electron chi connectivity index (χ4n) is 4.10. The Morgan fingerprint density at radius 2 is 1.89 bits per heavy atom. The highest BCUT2D eigenvalue weighted by molar-refractivity contribution is 7.89. The Hall–Kier alpha value is -3.08. The molecule has 198 valence electrons. The van der Waals surface area contributed by atoms with Crippen LogP contribution in [0.15, 0.2) is 35.4 Å². The number of aliphatic carboxylic acids is 1. The number of benzene rings is 1. The van der Waals surface area contributed by atoms with Crippen LogP contribution in [0.5, 0.6) is 5.75 Å². The van der Waals surface area contributed by atoms with Gasteiger partial charge in [0.05, 0.1) is 27.8 Å². The summed E-state index contributed by atoms with van der Waals surface area (Å²) in [6.07, 6.45) is -1.77. The van der Waals surface area contributed by atoms with Crippen LogP contribution in [0.2, 0.25) is 0 Å². The summed E-state index contributed by atoms with van der Waals surface area (Å²) in [5.41, 5.74) is -0.0310. The number of aromatic nitrogens is 3. The fraction of sp³-hybridized carbons (Fsp3) is 0.429. The number of aliphatic hydroxyl groups is 1. The van der Waals surface area contributed by atoms with Gasteiger partial charge in [0.25, 0.3) is 0 Å². The van der Waals surface area contributed by atoms with E-state index in [1.165, 1.54) is 11.3 Å². The number of carboxylic acids is 1. The maximum absolute atomic E-state index is 13.2. The molecule has 5 rings (SSSR count). The van der Waals surface area contributed by atoms with Gasteiger partial charge in [0.2, 0.25) is 10.0 Å². The van der Waals surface area contributed by atoms with Crippen molar-refractivity contribution in [3.05, 3.63) is 36.3 Å². The van der Waals surface area contributed by atoms with Crippen LogP contribution in [-0.4, -0.2) is 82.5 Å². The van der Waals surface area contributed by atoms with Crippen LogP contribution in [0.4, 0.5) is 18.3 Å². The van der Waals surface area contributed by atoms with E-state index in [9.17, 15) is 36.6 Å². The lowest BCUT2D eigenvalue weighted by Gasteiger charge is -2.38. The standard InChI is InChI=1S/C21H20F3N5O6S2/c22-21(23,24)35-12-1-3-13(4-2-12)37(33,34)29-8-7-28(10-14(29)17(31)32)19-27-16-15(36-19)9-25-18(26-16)20(11-30)5-6-20/h1-4,9,14,30H,5-8,10-11H2,(H,31,32)/t14-/m1/s1. The summed E-state index contributed by atoms with van der Waals surface area (Å²) in [6, 6.07) is 2.11. The number of ether oxygens (including phenoxy) is 1. The van der Waals surface area contributed by atoms with E-state index >= 15 is 0 Å². The Bertz CT molecular complexity index is 1440. The summed E-state index contributed by atoms with van der Waals surface area (Å²) < 4.78 is 68.8. The first-order chi connectivity index (χ1) is 17.4. The summed E-state index contributed by atoms with van der Waals surface area (Å²) in [4.78, 5) is 26.7. The first kappa shape index (κ1) is 25.6. The van der Waals surface area contributed by atoms with E-state index in [1.54, 1.807) is 11.1 Å². The Labute approximate surface area is 212 Å². The zero-order valence-corrected chi connectivity index (χ0v) is 20.6. The number of aliphatic hydroxyl groups excluding tert-OH is 1. The number of nitrogens with zero attached hydrogens (tertiary/aromatic N) is 5. The molecule has 1 atom stereocenters. The van der Waals surface area contributed by atoms with E-state index in [1.807, 2.05) is 0 Å². The molecule has 0 bridgehead atoms. The molecule has 3 heterocycles. The SMILES string of the molecule is O=C(O)[C@H]1CN(c2nc3nc(C4(CO)CC4)ncc3s2)CCN1S(=O)(=O)c1ccc(OC(F)(F)F)cc1. The first-order valence-electron chi connectivity index (χ1n) is 11.0. The van der Waals surface area contributed by atoms with Gasteiger partial charge in [0.1, 0.15) is 17.6 Å². The average molecular weight is 560 g/mol. The second kappa shape index (κ2) is 9.04. The van der Waals surface area contributed by atoms with Crippen molar-refractivity contribution in [2.75, 3.05) is 31.1 Å². The van der Waals surface area contributed by atoms with Gasteiger partial charge in [-0.1, -0.05) is 11.3 Å². The van der Waals surface area contributed by atoms with E-state index in [4.69, 9.17) is 0 Å². The molecule has 11 nitrogen and oxygen atoms in total. The molecule has 1 saturated heterocycles. The molecule has 16 heteroatoms. The zero-order chi connectivity index (χ0) is 26.6. The van der Waals surface area contributed by atoms with Crippen molar-refractivity contribution >= 4 is 42.8 Å². The number of anilines is 1. The van der Waals surface area contributed by atoms with Crippen LogP contribution in [0, 0.1) is 0 Å². The Balaban J connectivity index is 1.36. The number of sulfonamides is 1. The molecule has 0 radical (unpaired) electrons. The largest absolute Gasteiger partial charge is 0.573 e. The summed E-state index contributed by atoms with van der Waals surface area (Å²) >= 11 is 1.24. The molecule has 1 aliphatic carbocycles. The van der Waals surface area contributed by atoms with Crippen molar-refractivity contribution in [1.82, 2.24) is 19.3 Å². The molecule has 0 unspecified atom stereocenters. The van der Waals surface area contributed by atoms with E-state index < -0.39 is 39.6 Å². The number of halogens is 3. The van der Waals surface area contributed by atoms with Crippen LogP contribution in [-0.2, 0) is 20.2 Å². The minimum atomic E-state index is -4.93. The molecular weight excluding hydrogens is 539 g/mol. The van der Waals surface area contributed by atoms with E-state index in [2.05, 4.69) is 19.7 Å². The molecule has 0 spiro atoms. The summed E-state index contributed by atoms with van der Waals surface area (Å²) in [6.45, 7) is -0.339. The fourth-order valence-corrected chi connectivity index (χ4v) is 6.57. The monoisotopic (exact) mass is 559 g/mol. The van der Waals surface area contributed by atoms with Crippen molar-refractivity contribution in [3.63, 3.8) is 0 Å². The van der Waals surface area contributed by atoms with Gasteiger partial charge in [0, 0.05) is 19.6 Å². The predicted molar refractivity (Wildman–Crippen MR) is 124 cm³/mol. The molecule has 0 amide bonds. The third-order valence-corrected chi connectivity index (χ3v) is 9.28. The Morgan fingerprint density at radius 1 is 1.19 bits per heavy atom. The quantitative estimate of drug-likeness (QED) is 0.441. The van der Waals surface area contributed by atoms with Crippen molar-refractivity contribution in [3.8, 4) is 5.75 Å². The third kappa shape index (κ3) is 4.93. The van der Waals surface area contributed by atoms with Crippen LogP contribution >= 0.6 is 11.3 Å². The van der Waals surface area contributed by atoms with Crippen LogP contribution in [0.3, 0.4) is 0 Å². The summed E-state index contributed by atoms with van der Waals surface area (Å²) in [7, 11) is -4.34. The van der Waals surface area contributed by atoms with Crippen molar-refractivity contribution in [2.45, 2.75) is 35.6 Å². The summed E-state index contributed by atoms with van der Waals surface area (Å²) in [5, 5.41) is 19.9. The maximum Gasteiger partial charge on any atom is 0.573 e. The molecule has 2 aliphatic rings. The third-order valence-electron chi connectivity index (χ3n) is 6.32. The van der Waals surface area contributed by atoms with Crippen LogP contribution in [0.25, 0.3) is 10.3 Å². The molecule has 2 fully saturated rings. The molecule has 37 heavy (non-hydrogen) atoms. The number of alkyl halides is 3. The molecule has 3 aromatic rings. The Kier molecular flexibility index (Phi) is 6.24. The lowest BCUT2D eigenvalue weighted by Crippen LogP contribution is -2.58. The molecular formula is C21H20F3N5O6S2. The zero-order valence-electron chi connectivity index (χ0n) is 18.9. The van der Waals surface area contributed by atoms with Crippen molar-refractivity contribution in [1.29, 1.82) is 0 Å². The maximum atomic E-state index is 13.2. The van der Waals surface area contributed by atoms with Gasteiger partial charge >= 0.3 is 12.3 Å². The number of hydrogen-bond donors (Lipinski definition) is 2. The number of hydrogen-bond acceptors (Lipinski definition) is 10. The Morgan fingerprint density at radius 3 is 2.49 bits per heavy atom. The average Bonchev–Trinajstić information content (AvgIpc) is 3.54. The number of rotatable bonds is 7. The minimum absolute atomic E-state index is 0.0652. The molecule has 1 aliphatic heterocycles. The van der Waals surface area contributed by atoms with Crippen LogP contribution in [0.1, 0.15) is 18.7 Å². The predicted octanol–water partition coefficient (Wildman–Crippen LogP) is 1.97. The lowest BCUT2D eigenvalue weighted by atomic mass is 10.1. The topological polar surface area (TPSA) is 146 Å². The molecule has 2 aromatic heterocycles. The highest BCUT2D eigenvalue weighted by atomic mass is 32.2. The molecule has 1 aromatic carbocycles. The van der Waals surface area contributed by atoms with Crippen molar-refractivity contribution in [2.24, 2.45) is 0 Å². The first-order valence-corrected chi connectivity index (χ1v) is 13.3. The van der Waals surface area contributed by atoms with Crippen molar-refractivity contribution < 1.29 is 41.3 Å². The van der Waals surface area contributed by atoms with Gasteiger partial charge in [-0.2, -0.15) is 9.29 Å².